The molecule has 4 heteroatoms. The molecule has 0 radical (unpaired) electrons. The normalized spacial score (nSPS) is 10.4. The van der Waals surface area contributed by atoms with E-state index >= 15 is 0 Å². The van der Waals surface area contributed by atoms with Crippen LogP contribution in [-0.4, -0.2) is 14.7 Å². The molecule has 2 rings (SSSR count). The zero-order valence-electron chi connectivity index (χ0n) is 9.22. The fourth-order valence-corrected chi connectivity index (χ4v) is 1.57. The Labute approximate surface area is 94.6 Å². The Morgan fingerprint density at radius 2 is 2.19 bits per heavy atom. The number of rotatable bonds is 4. The Balaban J connectivity index is 2.07. The number of imidazole rings is 1. The number of benzene rings is 1. The first kappa shape index (κ1) is 10.7. The lowest BCUT2D eigenvalue weighted by atomic mass is 10.2. The van der Waals surface area contributed by atoms with Gasteiger partial charge in [-0.25, -0.2) is 4.98 Å². The zero-order valence-corrected chi connectivity index (χ0v) is 9.22. The van der Waals surface area contributed by atoms with Crippen molar-refractivity contribution in [3.8, 4) is 0 Å². The van der Waals surface area contributed by atoms with Crippen molar-refractivity contribution < 1.29 is 5.11 Å². The number of hydrogen-bond donors (Lipinski definition) is 2. The van der Waals surface area contributed by atoms with Crippen LogP contribution in [0.5, 0.6) is 0 Å². The summed E-state index contributed by atoms with van der Waals surface area (Å²) in [5.74, 6) is 0.966. The van der Waals surface area contributed by atoms with Gasteiger partial charge in [0.15, 0.2) is 0 Å². The number of nitrogens with one attached hydrogen (secondary N) is 1. The van der Waals surface area contributed by atoms with Gasteiger partial charge >= 0.3 is 0 Å². The summed E-state index contributed by atoms with van der Waals surface area (Å²) in [7, 11) is 1.96. The van der Waals surface area contributed by atoms with E-state index in [9.17, 15) is 0 Å². The van der Waals surface area contributed by atoms with Crippen molar-refractivity contribution in [1.82, 2.24) is 9.55 Å². The summed E-state index contributed by atoms with van der Waals surface area (Å²) >= 11 is 0. The maximum absolute atomic E-state index is 9.17. The largest absolute Gasteiger partial charge is 0.392 e. The van der Waals surface area contributed by atoms with Crippen molar-refractivity contribution in [1.29, 1.82) is 0 Å². The molecule has 0 saturated carbocycles. The third-order valence-corrected chi connectivity index (χ3v) is 2.55. The first-order chi connectivity index (χ1) is 7.81. The number of aliphatic hydroxyl groups excluding tert-OH is 1. The molecule has 84 valence electrons. The van der Waals surface area contributed by atoms with Crippen LogP contribution in [0.25, 0.3) is 0 Å². The Bertz CT molecular complexity index is 465. The van der Waals surface area contributed by atoms with Crippen LogP contribution in [0.3, 0.4) is 0 Å². The van der Waals surface area contributed by atoms with Crippen molar-refractivity contribution in [2.45, 2.75) is 13.2 Å². The number of aliphatic hydroxyl groups is 1. The molecule has 16 heavy (non-hydrogen) atoms. The Hall–Kier alpha value is -1.81. The molecule has 0 amide bonds. The molecule has 0 aliphatic rings. The molecule has 0 fully saturated rings. The highest BCUT2D eigenvalue weighted by Crippen LogP contribution is 2.15. The van der Waals surface area contributed by atoms with Gasteiger partial charge in [-0.05, 0) is 6.07 Å². The third kappa shape index (κ3) is 2.23. The second-order valence-electron chi connectivity index (χ2n) is 3.62. The van der Waals surface area contributed by atoms with Crippen LogP contribution in [0.15, 0.2) is 36.7 Å². The molecule has 4 nitrogen and oxygen atoms in total. The Kier molecular flexibility index (Phi) is 3.22. The number of anilines is 1. The Morgan fingerprint density at radius 3 is 2.88 bits per heavy atom. The lowest BCUT2D eigenvalue weighted by Gasteiger charge is -2.10. The van der Waals surface area contributed by atoms with E-state index in [1.165, 1.54) is 0 Å². The van der Waals surface area contributed by atoms with Gasteiger partial charge in [-0.15, -0.1) is 0 Å². The maximum atomic E-state index is 9.17. The summed E-state index contributed by atoms with van der Waals surface area (Å²) in [6.07, 6.45) is 3.68. The van der Waals surface area contributed by atoms with Gasteiger partial charge in [0, 0.05) is 30.7 Å². The first-order valence-corrected chi connectivity index (χ1v) is 5.20. The minimum absolute atomic E-state index is 0.0454. The molecule has 2 N–H and O–H groups in total. The van der Waals surface area contributed by atoms with Crippen LogP contribution in [0.1, 0.15) is 11.4 Å². The first-order valence-electron chi connectivity index (χ1n) is 5.20. The average molecular weight is 217 g/mol. The van der Waals surface area contributed by atoms with Crippen LogP contribution in [0.2, 0.25) is 0 Å². The molecular weight excluding hydrogens is 202 g/mol. The van der Waals surface area contributed by atoms with E-state index in [1.807, 2.05) is 42.1 Å². The van der Waals surface area contributed by atoms with Crippen LogP contribution < -0.4 is 5.32 Å². The van der Waals surface area contributed by atoms with Gasteiger partial charge in [0.05, 0.1) is 13.2 Å². The van der Waals surface area contributed by atoms with E-state index in [0.717, 1.165) is 17.1 Å². The highest BCUT2D eigenvalue weighted by atomic mass is 16.3. The Morgan fingerprint density at radius 1 is 1.38 bits per heavy atom. The van der Waals surface area contributed by atoms with Crippen molar-refractivity contribution in [3.63, 3.8) is 0 Å². The second-order valence-corrected chi connectivity index (χ2v) is 3.62. The molecule has 1 aromatic carbocycles. The zero-order chi connectivity index (χ0) is 11.4. The van der Waals surface area contributed by atoms with Crippen LogP contribution in [0, 0.1) is 0 Å². The summed E-state index contributed by atoms with van der Waals surface area (Å²) < 4.78 is 1.97. The van der Waals surface area contributed by atoms with Crippen molar-refractivity contribution >= 4 is 5.69 Å². The van der Waals surface area contributed by atoms with Crippen molar-refractivity contribution in [3.05, 3.63) is 48.0 Å². The number of para-hydroxylation sites is 1. The molecule has 0 unspecified atom stereocenters. The smallest absolute Gasteiger partial charge is 0.127 e. The number of hydrogen-bond acceptors (Lipinski definition) is 3. The van der Waals surface area contributed by atoms with Gasteiger partial charge in [-0.3, -0.25) is 0 Å². The van der Waals surface area contributed by atoms with E-state index < -0.39 is 0 Å². The molecule has 0 saturated heterocycles. The molecule has 1 aromatic heterocycles. The van der Waals surface area contributed by atoms with Crippen LogP contribution in [0.4, 0.5) is 5.69 Å². The standard InChI is InChI=1S/C12H15N3O/c1-15-7-6-13-12(15)8-14-11-5-3-2-4-10(11)9-16/h2-7,14,16H,8-9H2,1H3. The van der Waals surface area contributed by atoms with E-state index in [2.05, 4.69) is 10.3 Å². The van der Waals surface area contributed by atoms with E-state index in [0.29, 0.717) is 6.54 Å². The van der Waals surface area contributed by atoms with Gasteiger partial charge in [0.1, 0.15) is 5.82 Å². The molecule has 2 aromatic rings. The SMILES string of the molecule is Cn1ccnc1CNc1ccccc1CO. The lowest BCUT2D eigenvalue weighted by molar-refractivity contribution is 0.282. The molecule has 0 aliphatic carbocycles. The monoisotopic (exact) mass is 217 g/mol. The molecule has 0 aliphatic heterocycles. The molecule has 0 spiro atoms. The highest BCUT2D eigenvalue weighted by Gasteiger charge is 2.02. The van der Waals surface area contributed by atoms with E-state index in [1.54, 1.807) is 6.20 Å². The highest BCUT2D eigenvalue weighted by molar-refractivity contribution is 5.50. The average Bonchev–Trinajstić information content (AvgIpc) is 2.72. The van der Waals surface area contributed by atoms with Gasteiger partial charge in [0.2, 0.25) is 0 Å². The summed E-state index contributed by atoms with van der Waals surface area (Å²) in [5.41, 5.74) is 1.85. The minimum Gasteiger partial charge on any atom is -0.392 e. The summed E-state index contributed by atoms with van der Waals surface area (Å²) in [5, 5.41) is 12.4. The van der Waals surface area contributed by atoms with Crippen molar-refractivity contribution in [2.24, 2.45) is 7.05 Å². The molecule has 1 heterocycles. The molecular formula is C12H15N3O. The second kappa shape index (κ2) is 4.81. The van der Waals surface area contributed by atoms with Crippen LogP contribution in [-0.2, 0) is 20.2 Å². The van der Waals surface area contributed by atoms with E-state index in [4.69, 9.17) is 5.11 Å². The minimum atomic E-state index is 0.0454. The van der Waals surface area contributed by atoms with Gasteiger partial charge in [-0.2, -0.15) is 0 Å². The van der Waals surface area contributed by atoms with Gasteiger partial charge < -0.3 is 15.0 Å². The fourth-order valence-electron chi connectivity index (χ4n) is 1.57. The molecule has 0 atom stereocenters. The summed E-state index contributed by atoms with van der Waals surface area (Å²) in [6, 6.07) is 7.71. The predicted octanol–water partition coefficient (Wildman–Crippen LogP) is 1.52. The topological polar surface area (TPSA) is 50.1 Å². The quantitative estimate of drug-likeness (QED) is 0.816. The van der Waals surface area contributed by atoms with Gasteiger partial charge in [-0.1, -0.05) is 18.2 Å². The van der Waals surface area contributed by atoms with E-state index in [-0.39, 0.29) is 6.61 Å². The van der Waals surface area contributed by atoms with Crippen molar-refractivity contribution in [2.75, 3.05) is 5.32 Å². The van der Waals surface area contributed by atoms with Gasteiger partial charge in [0.25, 0.3) is 0 Å². The predicted molar refractivity (Wildman–Crippen MR) is 62.9 cm³/mol. The maximum Gasteiger partial charge on any atom is 0.127 e. The number of aryl methyl sites for hydroxylation is 1. The number of nitrogens with zero attached hydrogens (tertiary/aromatic N) is 2. The summed E-state index contributed by atoms with van der Waals surface area (Å²) in [4.78, 5) is 4.22. The third-order valence-electron chi connectivity index (χ3n) is 2.55. The molecule has 0 bridgehead atoms. The summed E-state index contributed by atoms with van der Waals surface area (Å²) in [6.45, 7) is 0.699. The van der Waals surface area contributed by atoms with Crippen LogP contribution >= 0.6 is 0 Å². The lowest BCUT2D eigenvalue weighted by Crippen LogP contribution is -2.07. The number of aromatic nitrogens is 2. The fraction of sp³-hybridized carbons (Fsp3) is 0.250.